The number of hydrogen-bond acceptors (Lipinski definition) is 4. The van der Waals surface area contributed by atoms with E-state index in [1.54, 1.807) is 18.5 Å². The molecule has 0 spiro atoms. The van der Waals surface area contributed by atoms with E-state index in [-0.39, 0.29) is 5.91 Å². The number of pyridine rings is 1. The maximum absolute atomic E-state index is 12.3. The van der Waals surface area contributed by atoms with Gasteiger partial charge >= 0.3 is 0 Å². The Bertz CT molecular complexity index is 813. The summed E-state index contributed by atoms with van der Waals surface area (Å²) in [7, 11) is 0. The summed E-state index contributed by atoms with van der Waals surface area (Å²) in [5.41, 5.74) is 2.30. The summed E-state index contributed by atoms with van der Waals surface area (Å²) in [6.45, 7) is 3.12. The Kier molecular flexibility index (Phi) is 4.73. The molecular weight excluding hydrogens is 332 g/mol. The average molecular weight is 347 g/mol. The van der Waals surface area contributed by atoms with Gasteiger partial charge in [0.15, 0.2) is 5.69 Å². The van der Waals surface area contributed by atoms with E-state index >= 15 is 0 Å². The van der Waals surface area contributed by atoms with Crippen LogP contribution in [0.25, 0.3) is 10.6 Å². The van der Waals surface area contributed by atoms with E-state index in [4.69, 9.17) is 11.6 Å². The molecule has 3 aromatic rings. The highest BCUT2D eigenvalue weighted by atomic mass is 35.5. The smallest absolute Gasteiger partial charge is 0.272 e. The lowest BCUT2D eigenvalue weighted by molar-refractivity contribution is 0.0945. The molecule has 0 aliphatic heterocycles. The first-order valence-corrected chi connectivity index (χ1v) is 8.37. The fourth-order valence-electron chi connectivity index (χ4n) is 2.19. The second-order valence-electron chi connectivity index (χ2n) is 4.87. The van der Waals surface area contributed by atoms with E-state index in [9.17, 15) is 4.79 Å². The Hall–Kier alpha value is -2.18. The molecule has 0 aromatic carbocycles. The van der Waals surface area contributed by atoms with E-state index in [2.05, 4.69) is 15.4 Å². The zero-order valence-corrected chi connectivity index (χ0v) is 14.1. The van der Waals surface area contributed by atoms with E-state index in [1.807, 2.05) is 35.9 Å². The summed E-state index contributed by atoms with van der Waals surface area (Å²) in [5.74, 6) is -0.196. The van der Waals surface area contributed by atoms with E-state index in [1.165, 1.54) is 11.3 Å². The second-order valence-corrected chi connectivity index (χ2v) is 6.59. The van der Waals surface area contributed by atoms with Gasteiger partial charge in [-0.05, 0) is 42.8 Å². The van der Waals surface area contributed by atoms with Crippen LogP contribution in [0.5, 0.6) is 0 Å². The van der Waals surface area contributed by atoms with Crippen LogP contribution in [0.2, 0.25) is 4.34 Å². The average Bonchev–Trinajstić information content (AvgIpc) is 3.19. The predicted molar refractivity (Wildman–Crippen MR) is 91.6 cm³/mol. The highest BCUT2D eigenvalue weighted by Crippen LogP contribution is 2.31. The minimum Gasteiger partial charge on any atom is -0.347 e. The van der Waals surface area contributed by atoms with Gasteiger partial charge in [-0.2, -0.15) is 5.10 Å². The van der Waals surface area contributed by atoms with Gasteiger partial charge in [-0.25, -0.2) is 0 Å². The van der Waals surface area contributed by atoms with Gasteiger partial charge in [0.05, 0.1) is 14.9 Å². The minimum atomic E-state index is -0.196. The maximum Gasteiger partial charge on any atom is 0.272 e. The largest absolute Gasteiger partial charge is 0.347 e. The summed E-state index contributed by atoms with van der Waals surface area (Å²) >= 11 is 7.47. The van der Waals surface area contributed by atoms with Crippen molar-refractivity contribution in [2.24, 2.45) is 0 Å². The standard InChI is InChI=1S/C16H15ClN4OS/c1-2-21-13(14-3-4-15(17)23-14)9-12(20-21)16(22)19-10-11-5-7-18-8-6-11/h3-9H,2,10H2,1H3,(H,19,22). The lowest BCUT2D eigenvalue weighted by Gasteiger charge is -2.02. The quantitative estimate of drug-likeness (QED) is 0.767. The van der Waals surface area contributed by atoms with Crippen LogP contribution in [0.1, 0.15) is 23.0 Å². The number of nitrogens with zero attached hydrogens (tertiary/aromatic N) is 3. The number of nitrogens with one attached hydrogen (secondary N) is 1. The lowest BCUT2D eigenvalue weighted by Crippen LogP contribution is -2.23. The molecule has 0 aliphatic carbocycles. The van der Waals surface area contributed by atoms with Crippen molar-refractivity contribution >= 4 is 28.8 Å². The van der Waals surface area contributed by atoms with Gasteiger partial charge in [-0.3, -0.25) is 14.5 Å². The fourth-order valence-corrected chi connectivity index (χ4v) is 3.26. The summed E-state index contributed by atoms with van der Waals surface area (Å²) in [6.07, 6.45) is 3.40. The maximum atomic E-state index is 12.3. The molecule has 0 unspecified atom stereocenters. The third kappa shape index (κ3) is 3.60. The van der Waals surface area contributed by atoms with Crippen LogP contribution in [0.3, 0.4) is 0 Å². The van der Waals surface area contributed by atoms with Gasteiger partial charge in [-0.15, -0.1) is 11.3 Å². The first-order chi connectivity index (χ1) is 11.2. The number of carbonyl (C=O) groups excluding carboxylic acids is 1. The molecule has 3 rings (SSSR count). The number of aromatic nitrogens is 3. The Morgan fingerprint density at radius 2 is 2.09 bits per heavy atom. The third-order valence-electron chi connectivity index (χ3n) is 3.34. The molecule has 7 heteroatoms. The molecule has 23 heavy (non-hydrogen) atoms. The molecule has 5 nitrogen and oxygen atoms in total. The first kappa shape index (κ1) is 15.7. The minimum absolute atomic E-state index is 0.196. The number of hydrogen-bond donors (Lipinski definition) is 1. The number of carbonyl (C=O) groups is 1. The Labute approximate surface area is 142 Å². The molecule has 0 bridgehead atoms. The predicted octanol–water partition coefficient (Wildman–Crippen LogP) is 3.61. The fraction of sp³-hybridized carbons (Fsp3) is 0.188. The molecule has 0 aliphatic rings. The lowest BCUT2D eigenvalue weighted by atomic mass is 10.2. The summed E-state index contributed by atoms with van der Waals surface area (Å²) in [5, 5.41) is 7.25. The van der Waals surface area contributed by atoms with E-state index in [0.717, 1.165) is 16.1 Å². The number of rotatable bonds is 5. The third-order valence-corrected chi connectivity index (χ3v) is 4.59. The van der Waals surface area contributed by atoms with Crippen molar-refractivity contribution in [3.63, 3.8) is 0 Å². The molecule has 0 atom stereocenters. The molecule has 3 heterocycles. The summed E-state index contributed by atoms with van der Waals surface area (Å²) in [4.78, 5) is 17.3. The summed E-state index contributed by atoms with van der Waals surface area (Å²) < 4.78 is 2.52. The van der Waals surface area contributed by atoms with Crippen LogP contribution in [0.4, 0.5) is 0 Å². The van der Waals surface area contributed by atoms with Gasteiger partial charge in [0, 0.05) is 25.5 Å². The highest BCUT2D eigenvalue weighted by molar-refractivity contribution is 7.19. The topological polar surface area (TPSA) is 59.8 Å². The molecule has 0 fully saturated rings. The van der Waals surface area contributed by atoms with Crippen LogP contribution < -0.4 is 5.32 Å². The summed E-state index contributed by atoms with van der Waals surface area (Å²) in [6, 6.07) is 9.31. The van der Waals surface area contributed by atoms with Crippen molar-refractivity contribution in [1.29, 1.82) is 0 Å². The van der Waals surface area contributed by atoms with Crippen LogP contribution in [0, 0.1) is 0 Å². The monoisotopic (exact) mass is 346 g/mol. The van der Waals surface area contributed by atoms with Gasteiger partial charge in [0.2, 0.25) is 0 Å². The molecule has 1 N–H and O–H groups in total. The molecule has 118 valence electrons. The van der Waals surface area contributed by atoms with Crippen molar-refractivity contribution in [1.82, 2.24) is 20.1 Å². The highest BCUT2D eigenvalue weighted by Gasteiger charge is 2.16. The van der Waals surface area contributed by atoms with Crippen LogP contribution >= 0.6 is 22.9 Å². The van der Waals surface area contributed by atoms with Crippen LogP contribution in [-0.4, -0.2) is 20.7 Å². The molecule has 3 aromatic heterocycles. The van der Waals surface area contributed by atoms with Crippen molar-refractivity contribution in [3.05, 3.63) is 58.3 Å². The molecular formula is C16H15ClN4OS. The SMILES string of the molecule is CCn1nc(C(=O)NCc2ccncc2)cc1-c1ccc(Cl)s1. The zero-order valence-electron chi connectivity index (χ0n) is 12.5. The number of aryl methyl sites for hydroxylation is 1. The Morgan fingerprint density at radius 3 is 2.74 bits per heavy atom. The van der Waals surface area contributed by atoms with Crippen LogP contribution in [-0.2, 0) is 13.1 Å². The molecule has 0 saturated carbocycles. The molecule has 0 saturated heterocycles. The van der Waals surface area contributed by atoms with Crippen molar-refractivity contribution in [3.8, 4) is 10.6 Å². The van der Waals surface area contributed by atoms with Gasteiger partial charge in [-0.1, -0.05) is 11.6 Å². The normalized spacial score (nSPS) is 10.7. The van der Waals surface area contributed by atoms with Gasteiger partial charge in [0.1, 0.15) is 0 Å². The zero-order chi connectivity index (χ0) is 16.2. The van der Waals surface area contributed by atoms with Crippen molar-refractivity contribution in [2.75, 3.05) is 0 Å². The van der Waals surface area contributed by atoms with E-state index in [0.29, 0.717) is 23.1 Å². The second kappa shape index (κ2) is 6.93. The van der Waals surface area contributed by atoms with E-state index < -0.39 is 0 Å². The Balaban J connectivity index is 1.77. The Morgan fingerprint density at radius 1 is 1.30 bits per heavy atom. The van der Waals surface area contributed by atoms with Crippen molar-refractivity contribution < 1.29 is 4.79 Å². The number of thiophene rings is 1. The number of amides is 1. The molecule has 1 amide bonds. The van der Waals surface area contributed by atoms with Gasteiger partial charge in [0.25, 0.3) is 5.91 Å². The van der Waals surface area contributed by atoms with Crippen molar-refractivity contribution in [2.45, 2.75) is 20.0 Å². The van der Waals surface area contributed by atoms with Crippen LogP contribution in [0.15, 0.2) is 42.7 Å². The number of halogens is 1. The van der Waals surface area contributed by atoms with Gasteiger partial charge < -0.3 is 5.32 Å². The molecule has 0 radical (unpaired) electrons. The first-order valence-electron chi connectivity index (χ1n) is 7.18.